The summed E-state index contributed by atoms with van der Waals surface area (Å²) in [5.41, 5.74) is 4.21. The molecule has 0 saturated heterocycles. The molecule has 1 saturated carbocycles. The van der Waals surface area contributed by atoms with E-state index in [-0.39, 0.29) is 11.9 Å². The van der Waals surface area contributed by atoms with E-state index in [0.717, 1.165) is 35.0 Å². The predicted molar refractivity (Wildman–Crippen MR) is 106 cm³/mol. The van der Waals surface area contributed by atoms with Crippen LogP contribution in [-0.4, -0.2) is 49.3 Å². The van der Waals surface area contributed by atoms with Gasteiger partial charge in [-0.2, -0.15) is 5.10 Å². The van der Waals surface area contributed by atoms with Gasteiger partial charge in [0, 0.05) is 50.2 Å². The van der Waals surface area contributed by atoms with Gasteiger partial charge in [-0.15, -0.1) is 5.10 Å². The quantitative estimate of drug-likeness (QED) is 0.591. The van der Waals surface area contributed by atoms with Gasteiger partial charge in [-0.25, -0.2) is 14.0 Å². The molecule has 1 aliphatic rings. The summed E-state index contributed by atoms with van der Waals surface area (Å²) in [6.45, 7) is 1.56. The third kappa shape index (κ3) is 2.77. The molecule has 5 rings (SSSR count). The minimum Gasteiger partial charge on any atom is -0.353 e. The minimum atomic E-state index is 0.0257. The van der Waals surface area contributed by atoms with Crippen molar-refractivity contribution in [3.8, 4) is 11.1 Å². The molecule has 0 spiro atoms. The average molecular weight is 375 g/mol. The summed E-state index contributed by atoms with van der Waals surface area (Å²) in [7, 11) is 2.01. The number of carbonyl (C=O) groups excluding carboxylic acids is 1. The van der Waals surface area contributed by atoms with Crippen LogP contribution in [0.3, 0.4) is 0 Å². The highest BCUT2D eigenvalue weighted by Crippen LogP contribution is 2.29. The summed E-state index contributed by atoms with van der Waals surface area (Å²) >= 11 is 0. The highest BCUT2D eigenvalue weighted by molar-refractivity contribution is 5.82. The zero-order chi connectivity index (χ0) is 19.3. The molecular formula is C20H21N7O. The summed E-state index contributed by atoms with van der Waals surface area (Å²) in [4.78, 5) is 17.8. The fraction of sp³-hybridized carbons (Fsp3) is 0.300. The number of aromatic nitrogens is 5. The van der Waals surface area contributed by atoms with E-state index in [1.54, 1.807) is 13.1 Å². The first-order chi connectivity index (χ1) is 13.6. The molecule has 8 nitrogen and oxygen atoms in total. The van der Waals surface area contributed by atoms with Crippen molar-refractivity contribution in [3.63, 3.8) is 0 Å². The molecule has 8 heteroatoms. The van der Waals surface area contributed by atoms with Crippen molar-refractivity contribution in [2.75, 3.05) is 11.9 Å². The molecule has 1 fully saturated rings. The lowest BCUT2D eigenvalue weighted by Crippen LogP contribution is -2.53. The van der Waals surface area contributed by atoms with Gasteiger partial charge in [-0.3, -0.25) is 4.79 Å². The lowest BCUT2D eigenvalue weighted by atomic mass is 9.86. The number of nitrogens with zero attached hydrogens (tertiary/aromatic N) is 6. The number of hydrogen-bond donors (Lipinski definition) is 1. The Labute approximate surface area is 161 Å². The second-order valence-electron chi connectivity index (χ2n) is 7.37. The molecule has 4 aromatic heterocycles. The van der Waals surface area contributed by atoms with Crippen molar-refractivity contribution in [2.45, 2.75) is 31.8 Å². The highest BCUT2D eigenvalue weighted by atomic mass is 16.1. The summed E-state index contributed by atoms with van der Waals surface area (Å²) in [5, 5.41) is 11.9. The Kier molecular flexibility index (Phi) is 3.78. The third-order valence-corrected chi connectivity index (χ3v) is 5.50. The minimum absolute atomic E-state index is 0.0257. The van der Waals surface area contributed by atoms with Gasteiger partial charge in [0.25, 0.3) is 0 Å². The van der Waals surface area contributed by atoms with Gasteiger partial charge >= 0.3 is 0 Å². The van der Waals surface area contributed by atoms with Crippen molar-refractivity contribution in [3.05, 3.63) is 49.1 Å². The van der Waals surface area contributed by atoms with Crippen LogP contribution in [0.2, 0.25) is 0 Å². The van der Waals surface area contributed by atoms with Gasteiger partial charge in [0.05, 0.1) is 17.2 Å². The Morgan fingerprint density at radius 1 is 1.21 bits per heavy atom. The molecule has 0 unspecified atom stereocenters. The Bertz CT molecular complexity index is 1170. The molecule has 4 aromatic rings. The maximum absolute atomic E-state index is 11.2. The highest BCUT2D eigenvalue weighted by Gasteiger charge is 2.33. The number of pyridine rings is 1. The molecule has 4 heterocycles. The number of amides is 1. The fourth-order valence-corrected chi connectivity index (χ4v) is 3.86. The van der Waals surface area contributed by atoms with E-state index in [0.29, 0.717) is 12.0 Å². The normalized spacial score (nSPS) is 18.9. The second kappa shape index (κ2) is 6.33. The van der Waals surface area contributed by atoms with Crippen LogP contribution in [0.4, 0.5) is 5.95 Å². The van der Waals surface area contributed by atoms with Gasteiger partial charge in [-0.1, -0.05) is 0 Å². The number of hydrogen-bond acceptors (Lipinski definition) is 5. The van der Waals surface area contributed by atoms with E-state index in [1.807, 2.05) is 46.8 Å². The molecule has 0 atom stereocenters. The Hall–Kier alpha value is -3.42. The second-order valence-corrected chi connectivity index (χ2v) is 7.37. The van der Waals surface area contributed by atoms with Crippen LogP contribution in [0.25, 0.3) is 22.2 Å². The summed E-state index contributed by atoms with van der Waals surface area (Å²) in [6.07, 6.45) is 9.42. The largest absolute Gasteiger partial charge is 0.353 e. The zero-order valence-electron chi connectivity index (χ0n) is 15.8. The van der Waals surface area contributed by atoms with Crippen LogP contribution < -0.4 is 10.2 Å². The molecule has 1 amide bonds. The SMILES string of the molecule is CC(=O)NC1CC(N(C)c2ncc3c(-c4ccn5nccc5c4)ccn3n2)C1. The van der Waals surface area contributed by atoms with Crippen molar-refractivity contribution in [1.82, 2.24) is 29.5 Å². The van der Waals surface area contributed by atoms with E-state index < -0.39 is 0 Å². The third-order valence-electron chi connectivity index (χ3n) is 5.50. The molecular weight excluding hydrogens is 354 g/mol. The maximum Gasteiger partial charge on any atom is 0.243 e. The molecule has 0 aliphatic heterocycles. The summed E-state index contributed by atoms with van der Waals surface area (Å²) in [5.74, 6) is 0.713. The van der Waals surface area contributed by atoms with E-state index >= 15 is 0 Å². The standard InChI is InChI=1S/C20H21N7O/c1-13(28)23-15-10-17(11-15)25(2)20-21-12-19-18(5-8-27(19)24-20)14-4-7-26-16(9-14)3-6-22-26/h3-9,12,15,17H,10-11H2,1-2H3,(H,23,28). The lowest BCUT2D eigenvalue weighted by Gasteiger charge is -2.41. The van der Waals surface area contributed by atoms with Crippen molar-refractivity contribution in [2.24, 2.45) is 0 Å². The molecule has 0 radical (unpaired) electrons. The van der Waals surface area contributed by atoms with Gasteiger partial charge in [0.15, 0.2) is 0 Å². The monoisotopic (exact) mass is 375 g/mol. The molecule has 0 bridgehead atoms. The van der Waals surface area contributed by atoms with Gasteiger partial charge < -0.3 is 10.2 Å². The first kappa shape index (κ1) is 16.7. The molecule has 142 valence electrons. The van der Waals surface area contributed by atoms with Crippen LogP contribution in [-0.2, 0) is 4.79 Å². The lowest BCUT2D eigenvalue weighted by molar-refractivity contribution is -0.120. The fourth-order valence-electron chi connectivity index (χ4n) is 3.86. The van der Waals surface area contributed by atoms with Gasteiger partial charge in [-0.05, 0) is 42.7 Å². The Morgan fingerprint density at radius 3 is 2.86 bits per heavy atom. The number of carbonyl (C=O) groups is 1. The van der Waals surface area contributed by atoms with Gasteiger partial charge in [0.2, 0.25) is 11.9 Å². The number of fused-ring (bicyclic) bond motifs is 2. The first-order valence-electron chi connectivity index (χ1n) is 9.36. The summed E-state index contributed by atoms with van der Waals surface area (Å²) < 4.78 is 3.72. The first-order valence-corrected chi connectivity index (χ1v) is 9.36. The average Bonchev–Trinajstić information content (AvgIpc) is 3.28. The van der Waals surface area contributed by atoms with E-state index in [1.165, 1.54) is 0 Å². The molecule has 0 aromatic carbocycles. The van der Waals surface area contributed by atoms with Crippen LogP contribution >= 0.6 is 0 Å². The Morgan fingerprint density at radius 2 is 2.04 bits per heavy atom. The number of rotatable bonds is 4. The van der Waals surface area contributed by atoms with Crippen molar-refractivity contribution in [1.29, 1.82) is 0 Å². The molecule has 28 heavy (non-hydrogen) atoms. The smallest absolute Gasteiger partial charge is 0.243 e. The van der Waals surface area contributed by atoms with E-state index in [9.17, 15) is 4.79 Å². The molecule has 1 N–H and O–H groups in total. The van der Waals surface area contributed by atoms with E-state index in [4.69, 9.17) is 0 Å². The van der Waals surface area contributed by atoms with Crippen molar-refractivity contribution < 1.29 is 4.79 Å². The maximum atomic E-state index is 11.2. The summed E-state index contributed by atoms with van der Waals surface area (Å²) in [6, 6.07) is 8.80. The Balaban J connectivity index is 1.40. The number of anilines is 1. The topological polar surface area (TPSA) is 79.8 Å². The van der Waals surface area contributed by atoms with Gasteiger partial charge in [0.1, 0.15) is 0 Å². The van der Waals surface area contributed by atoms with Crippen molar-refractivity contribution >= 4 is 22.9 Å². The van der Waals surface area contributed by atoms with Crippen LogP contribution in [0.1, 0.15) is 19.8 Å². The van der Waals surface area contributed by atoms with Crippen LogP contribution in [0.15, 0.2) is 49.1 Å². The van der Waals surface area contributed by atoms with E-state index in [2.05, 4.69) is 37.5 Å². The van der Waals surface area contributed by atoms with Crippen LogP contribution in [0, 0.1) is 0 Å². The van der Waals surface area contributed by atoms with Crippen LogP contribution in [0.5, 0.6) is 0 Å². The molecule has 1 aliphatic carbocycles. The zero-order valence-corrected chi connectivity index (χ0v) is 15.8. The predicted octanol–water partition coefficient (Wildman–Crippen LogP) is 2.15. The number of nitrogens with one attached hydrogen (secondary N) is 1.